The summed E-state index contributed by atoms with van der Waals surface area (Å²) in [4.78, 5) is 25.9. The quantitative estimate of drug-likeness (QED) is 0.370. The Balaban J connectivity index is 1.96. The molecule has 0 aliphatic heterocycles. The summed E-state index contributed by atoms with van der Waals surface area (Å²) in [6.07, 6.45) is 0. The molecule has 0 saturated carbocycles. The molecule has 2 amide bonds. The van der Waals surface area contributed by atoms with Crippen LogP contribution in [0.5, 0.6) is 5.75 Å². The number of benzene rings is 3. The number of para-hydroxylation sites is 1. The van der Waals surface area contributed by atoms with E-state index in [0.29, 0.717) is 18.9 Å². The molecule has 2 N–H and O–H groups in total. The summed E-state index contributed by atoms with van der Waals surface area (Å²) >= 11 is 0. The Bertz CT molecular complexity index is 1360. The maximum atomic E-state index is 13.7. The SMILES string of the molecule is COCCNC(=O)c1ccccc1NC(=O)CN(c1cc(C)ccc1OC)S(=O)(=O)c1ccc(C)cc1. The summed E-state index contributed by atoms with van der Waals surface area (Å²) < 4.78 is 38.9. The molecule has 0 aliphatic carbocycles. The van der Waals surface area contributed by atoms with Gasteiger partial charge in [0.15, 0.2) is 0 Å². The standard InChI is InChI=1S/C27H31N3O6S/c1-19-9-12-21(13-10-19)37(33,34)30(24-17-20(2)11-14-25(24)36-4)18-26(31)29-23-8-6-5-7-22(23)27(32)28-15-16-35-3/h5-14,17H,15-16,18H2,1-4H3,(H,28,32)(H,29,31). The number of methoxy groups -OCH3 is 2. The highest BCUT2D eigenvalue weighted by Crippen LogP contribution is 2.33. The summed E-state index contributed by atoms with van der Waals surface area (Å²) in [6, 6.07) is 18.0. The van der Waals surface area contributed by atoms with Gasteiger partial charge in [-0.15, -0.1) is 0 Å². The topological polar surface area (TPSA) is 114 Å². The molecule has 9 nitrogen and oxygen atoms in total. The first-order valence-electron chi connectivity index (χ1n) is 11.6. The predicted octanol–water partition coefficient (Wildman–Crippen LogP) is 3.52. The van der Waals surface area contributed by atoms with Crippen LogP contribution >= 0.6 is 0 Å². The molecule has 0 bridgehead atoms. The zero-order chi connectivity index (χ0) is 27.0. The fourth-order valence-corrected chi connectivity index (χ4v) is 5.03. The highest BCUT2D eigenvalue weighted by atomic mass is 32.2. The lowest BCUT2D eigenvalue weighted by molar-refractivity contribution is -0.114. The van der Waals surface area contributed by atoms with E-state index in [-0.39, 0.29) is 21.8 Å². The molecule has 3 aromatic rings. The van der Waals surface area contributed by atoms with Gasteiger partial charge in [-0.25, -0.2) is 8.42 Å². The fraction of sp³-hybridized carbons (Fsp3) is 0.259. The number of ether oxygens (including phenoxy) is 2. The first-order chi connectivity index (χ1) is 17.7. The van der Waals surface area contributed by atoms with Crippen molar-refractivity contribution in [2.75, 3.05) is 43.5 Å². The molecule has 0 aliphatic rings. The van der Waals surface area contributed by atoms with Gasteiger partial charge in [0.05, 0.1) is 35.6 Å². The fourth-order valence-electron chi connectivity index (χ4n) is 3.60. The Morgan fingerprint density at radius 2 is 1.59 bits per heavy atom. The molecule has 0 spiro atoms. The van der Waals surface area contributed by atoms with Crippen LogP contribution in [-0.2, 0) is 19.6 Å². The molecule has 0 atom stereocenters. The highest BCUT2D eigenvalue weighted by molar-refractivity contribution is 7.92. The van der Waals surface area contributed by atoms with Gasteiger partial charge in [0, 0.05) is 13.7 Å². The molecule has 0 heterocycles. The summed E-state index contributed by atoms with van der Waals surface area (Å²) in [6.45, 7) is 3.76. The number of amides is 2. The van der Waals surface area contributed by atoms with Crippen LogP contribution in [0.25, 0.3) is 0 Å². The number of sulfonamides is 1. The molecule has 0 saturated heterocycles. The number of carbonyl (C=O) groups is 2. The van der Waals surface area contributed by atoms with E-state index in [9.17, 15) is 18.0 Å². The van der Waals surface area contributed by atoms with Gasteiger partial charge in [0.1, 0.15) is 12.3 Å². The number of aryl methyl sites for hydroxylation is 2. The van der Waals surface area contributed by atoms with E-state index in [1.165, 1.54) is 26.4 Å². The van der Waals surface area contributed by atoms with E-state index in [1.807, 2.05) is 13.8 Å². The second kappa shape index (κ2) is 12.4. The Kier molecular flexibility index (Phi) is 9.26. The van der Waals surface area contributed by atoms with Crippen LogP contribution in [-0.4, -0.2) is 54.1 Å². The Hall–Kier alpha value is -3.89. The van der Waals surface area contributed by atoms with Crippen LogP contribution in [0.4, 0.5) is 11.4 Å². The van der Waals surface area contributed by atoms with Crippen molar-refractivity contribution in [1.82, 2.24) is 5.32 Å². The molecule has 3 rings (SSSR count). The minimum atomic E-state index is -4.15. The van der Waals surface area contributed by atoms with Gasteiger partial charge < -0.3 is 20.1 Å². The van der Waals surface area contributed by atoms with Gasteiger partial charge in [-0.05, 0) is 55.8 Å². The van der Waals surface area contributed by atoms with Gasteiger partial charge >= 0.3 is 0 Å². The maximum Gasteiger partial charge on any atom is 0.264 e. The lowest BCUT2D eigenvalue weighted by Gasteiger charge is -2.26. The van der Waals surface area contributed by atoms with Gasteiger partial charge in [-0.1, -0.05) is 35.9 Å². The molecule has 3 aromatic carbocycles. The second-order valence-corrected chi connectivity index (χ2v) is 10.2. The molecule has 0 fully saturated rings. The first-order valence-corrected chi connectivity index (χ1v) is 13.0. The third-order valence-electron chi connectivity index (χ3n) is 5.54. The molecule has 37 heavy (non-hydrogen) atoms. The van der Waals surface area contributed by atoms with Gasteiger partial charge in [0.2, 0.25) is 5.91 Å². The van der Waals surface area contributed by atoms with Crippen molar-refractivity contribution in [2.24, 2.45) is 0 Å². The van der Waals surface area contributed by atoms with E-state index < -0.39 is 28.4 Å². The molecule has 0 aromatic heterocycles. The number of anilines is 2. The molecule has 196 valence electrons. The van der Waals surface area contributed by atoms with E-state index in [4.69, 9.17) is 9.47 Å². The lowest BCUT2D eigenvalue weighted by Crippen LogP contribution is -2.38. The molecular formula is C27H31N3O6S. The van der Waals surface area contributed by atoms with Crippen LogP contribution in [0.15, 0.2) is 71.6 Å². The third-order valence-corrected chi connectivity index (χ3v) is 7.31. The minimum Gasteiger partial charge on any atom is -0.495 e. The van der Waals surface area contributed by atoms with Gasteiger partial charge in [-0.2, -0.15) is 0 Å². The maximum absolute atomic E-state index is 13.7. The molecule has 0 radical (unpaired) electrons. The molecule has 0 unspecified atom stereocenters. The summed E-state index contributed by atoms with van der Waals surface area (Å²) in [7, 11) is -1.19. The number of rotatable bonds is 11. The minimum absolute atomic E-state index is 0.0346. The van der Waals surface area contributed by atoms with Crippen molar-refractivity contribution in [1.29, 1.82) is 0 Å². The van der Waals surface area contributed by atoms with Crippen molar-refractivity contribution in [3.63, 3.8) is 0 Å². The van der Waals surface area contributed by atoms with Gasteiger partial charge in [-0.3, -0.25) is 13.9 Å². The van der Waals surface area contributed by atoms with Crippen molar-refractivity contribution in [3.05, 3.63) is 83.4 Å². The van der Waals surface area contributed by atoms with Gasteiger partial charge in [0.25, 0.3) is 15.9 Å². The van der Waals surface area contributed by atoms with E-state index in [2.05, 4.69) is 10.6 Å². The molecular weight excluding hydrogens is 494 g/mol. The highest BCUT2D eigenvalue weighted by Gasteiger charge is 2.30. The summed E-state index contributed by atoms with van der Waals surface area (Å²) in [5.41, 5.74) is 2.42. The number of nitrogens with zero attached hydrogens (tertiary/aromatic N) is 1. The van der Waals surface area contributed by atoms with E-state index in [0.717, 1.165) is 15.4 Å². The van der Waals surface area contributed by atoms with E-state index >= 15 is 0 Å². The second-order valence-electron chi connectivity index (χ2n) is 8.34. The average Bonchev–Trinajstić information content (AvgIpc) is 2.88. The van der Waals surface area contributed by atoms with E-state index in [1.54, 1.807) is 54.6 Å². The van der Waals surface area contributed by atoms with Crippen LogP contribution in [0.1, 0.15) is 21.5 Å². The number of hydrogen-bond donors (Lipinski definition) is 2. The first kappa shape index (κ1) is 27.7. The Labute approximate surface area is 217 Å². The largest absolute Gasteiger partial charge is 0.495 e. The normalized spacial score (nSPS) is 11.0. The monoisotopic (exact) mass is 525 g/mol. The number of carbonyl (C=O) groups excluding carboxylic acids is 2. The van der Waals surface area contributed by atoms with Crippen molar-refractivity contribution >= 4 is 33.2 Å². The predicted molar refractivity (Wildman–Crippen MR) is 143 cm³/mol. The van der Waals surface area contributed by atoms with Crippen molar-refractivity contribution in [2.45, 2.75) is 18.7 Å². The zero-order valence-electron chi connectivity index (χ0n) is 21.3. The summed E-state index contributed by atoms with van der Waals surface area (Å²) in [5, 5.41) is 5.40. The summed E-state index contributed by atoms with van der Waals surface area (Å²) in [5.74, 6) is -0.721. The average molecular weight is 526 g/mol. The number of hydrogen-bond acceptors (Lipinski definition) is 6. The van der Waals surface area contributed by atoms with Crippen LogP contribution in [0, 0.1) is 13.8 Å². The Morgan fingerprint density at radius 3 is 2.27 bits per heavy atom. The Morgan fingerprint density at radius 1 is 0.919 bits per heavy atom. The zero-order valence-corrected chi connectivity index (χ0v) is 22.1. The van der Waals surface area contributed by atoms with Crippen LogP contribution in [0.2, 0.25) is 0 Å². The smallest absolute Gasteiger partial charge is 0.264 e. The van der Waals surface area contributed by atoms with Crippen LogP contribution in [0.3, 0.4) is 0 Å². The third kappa shape index (κ3) is 6.87. The lowest BCUT2D eigenvalue weighted by atomic mass is 10.1. The van der Waals surface area contributed by atoms with Crippen molar-refractivity contribution in [3.8, 4) is 5.75 Å². The van der Waals surface area contributed by atoms with Crippen LogP contribution < -0.4 is 19.7 Å². The molecule has 10 heteroatoms. The van der Waals surface area contributed by atoms with Crippen molar-refractivity contribution < 1.29 is 27.5 Å². The number of nitrogens with one attached hydrogen (secondary N) is 2.